The molecule has 3 saturated heterocycles. The van der Waals surface area contributed by atoms with Gasteiger partial charge in [0, 0.05) is 0 Å². The maximum absolute atomic E-state index is 11.4. The largest absolute Gasteiger partial charge is 0.465 e. The Labute approximate surface area is 109 Å². The van der Waals surface area contributed by atoms with Gasteiger partial charge >= 0.3 is 6.09 Å². The molecule has 3 aliphatic rings. The summed E-state index contributed by atoms with van der Waals surface area (Å²) in [5.41, 5.74) is -1.20. The van der Waals surface area contributed by atoms with Gasteiger partial charge in [-0.05, 0) is 13.8 Å². The highest BCUT2D eigenvalue weighted by atomic mass is 16.8. The molecule has 8 nitrogen and oxygen atoms in total. The van der Waals surface area contributed by atoms with Crippen molar-refractivity contribution >= 4 is 6.09 Å². The van der Waals surface area contributed by atoms with Crippen molar-refractivity contribution < 1.29 is 34.3 Å². The van der Waals surface area contributed by atoms with Crippen LogP contribution in [0.25, 0.3) is 0 Å². The molecule has 3 heterocycles. The molecule has 0 aliphatic carbocycles. The van der Waals surface area contributed by atoms with Gasteiger partial charge in [-0.15, -0.1) is 0 Å². The topological polar surface area (TPSA) is 109 Å². The second-order valence-corrected chi connectivity index (χ2v) is 5.53. The van der Waals surface area contributed by atoms with Gasteiger partial charge in [0.15, 0.2) is 12.1 Å². The van der Waals surface area contributed by atoms with Crippen LogP contribution in [0, 0.1) is 0 Å². The summed E-state index contributed by atoms with van der Waals surface area (Å²) in [5, 5.41) is 28.3. The Balaban J connectivity index is 1.96. The summed E-state index contributed by atoms with van der Waals surface area (Å²) < 4.78 is 16.9. The molecule has 8 heteroatoms. The van der Waals surface area contributed by atoms with Gasteiger partial charge in [-0.1, -0.05) is 0 Å². The monoisotopic (exact) mass is 275 g/mol. The number of nitrogens with zero attached hydrogens (tertiary/aromatic N) is 1. The van der Waals surface area contributed by atoms with E-state index in [0.29, 0.717) is 0 Å². The van der Waals surface area contributed by atoms with E-state index < -0.39 is 48.6 Å². The van der Waals surface area contributed by atoms with Crippen molar-refractivity contribution in [3.05, 3.63) is 0 Å². The number of hydrogen-bond donors (Lipinski definition) is 3. The van der Waals surface area contributed by atoms with Crippen LogP contribution in [0.15, 0.2) is 0 Å². The number of amides is 1. The highest BCUT2D eigenvalue weighted by molar-refractivity contribution is 5.70. The number of carboxylic acid groups (broad SMARTS) is 1. The zero-order valence-corrected chi connectivity index (χ0v) is 10.6. The van der Waals surface area contributed by atoms with Crippen LogP contribution >= 0.6 is 0 Å². The van der Waals surface area contributed by atoms with Crippen molar-refractivity contribution in [2.24, 2.45) is 0 Å². The third-order valence-electron chi connectivity index (χ3n) is 4.10. The van der Waals surface area contributed by atoms with Crippen LogP contribution in [0.2, 0.25) is 0 Å². The molecule has 3 rings (SSSR count). The van der Waals surface area contributed by atoms with E-state index in [1.165, 1.54) is 0 Å². The van der Waals surface area contributed by atoms with Gasteiger partial charge in [0.1, 0.15) is 17.7 Å². The van der Waals surface area contributed by atoms with Crippen LogP contribution in [0.5, 0.6) is 0 Å². The molecule has 1 amide bonds. The van der Waals surface area contributed by atoms with Gasteiger partial charge in [0.25, 0.3) is 0 Å². The van der Waals surface area contributed by atoms with E-state index in [4.69, 9.17) is 14.2 Å². The second-order valence-electron chi connectivity index (χ2n) is 5.53. The SMILES string of the molecule is CC1(C)O[C@H]2O[C@@H]3[C@@H](CO)N(C(=O)O)[C@]3(CO)[C@H]2O1. The van der Waals surface area contributed by atoms with Crippen LogP contribution in [-0.2, 0) is 14.2 Å². The van der Waals surface area contributed by atoms with Crippen LogP contribution in [0.4, 0.5) is 4.79 Å². The lowest BCUT2D eigenvalue weighted by atomic mass is 9.74. The average Bonchev–Trinajstić information content (AvgIpc) is 2.70. The Hall–Kier alpha value is -0.930. The van der Waals surface area contributed by atoms with Gasteiger partial charge in [-0.25, -0.2) is 4.79 Å². The molecule has 0 aromatic carbocycles. The third kappa shape index (κ3) is 1.43. The first-order valence-corrected chi connectivity index (χ1v) is 6.12. The fraction of sp³-hybridized carbons (Fsp3) is 0.909. The highest BCUT2D eigenvalue weighted by Crippen LogP contribution is 2.53. The smallest absolute Gasteiger partial charge is 0.408 e. The van der Waals surface area contributed by atoms with E-state index in [2.05, 4.69) is 0 Å². The van der Waals surface area contributed by atoms with Crippen molar-refractivity contribution in [3.8, 4) is 0 Å². The number of fused-ring (bicyclic) bond motifs is 3. The fourth-order valence-electron chi connectivity index (χ4n) is 3.41. The minimum Gasteiger partial charge on any atom is -0.465 e. The number of aliphatic hydroxyl groups is 2. The Morgan fingerprint density at radius 2 is 1.95 bits per heavy atom. The first kappa shape index (κ1) is 13.1. The molecule has 3 aliphatic heterocycles. The molecule has 0 spiro atoms. The summed E-state index contributed by atoms with van der Waals surface area (Å²) in [6.07, 6.45) is -3.27. The van der Waals surface area contributed by atoms with E-state index in [-0.39, 0.29) is 6.61 Å². The predicted octanol–water partition coefficient (Wildman–Crippen LogP) is -1.05. The number of hydrogen-bond acceptors (Lipinski definition) is 6. The van der Waals surface area contributed by atoms with Crippen molar-refractivity contribution in [2.75, 3.05) is 13.2 Å². The molecular weight excluding hydrogens is 258 g/mol. The molecule has 5 atom stereocenters. The third-order valence-corrected chi connectivity index (χ3v) is 4.10. The summed E-state index contributed by atoms with van der Waals surface area (Å²) in [6.45, 7) is 2.58. The molecule has 0 bridgehead atoms. The lowest BCUT2D eigenvalue weighted by Gasteiger charge is -2.58. The Bertz CT molecular complexity index is 414. The average molecular weight is 275 g/mol. The lowest BCUT2D eigenvalue weighted by Crippen LogP contribution is -2.82. The van der Waals surface area contributed by atoms with Crippen molar-refractivity contribution in [1.82, 2.24) is 4.90 Å². The summed E-state index contributed by atoms with van der Waals surface area (Å²) in [4.78, 5) is 12.4. The zero-order chi connectivity index (χ0) is 14.0. The molecule has 3 fully saturated rings. The maximum Gasteiger partial charge on any atom is 0.408 e. The zero-order valence-electron chi connectivity index (χ0n) is 10.6. The summed E-state index contributed by atoms with van der Waals surface area (Å²) in [6, 6.07) is -0.703. The first-order chi connectivity index (χ1) is 8.87. The number of ether oxygens (including phenoxy) is 3. The molecular formula is C11H17NO7. The van der Waals surface area contributed by atoms with E-state index >= 15 is 0 Å². The standard InChI is InChI=1S/C11H17NO7/c1-10(2)18-7-8(19-10)17-6-5(3-13)12(9(15)16)11(6,7)4-14/h5-8,13-14H,3-4H2,1-2H3,(H,15,16)/t5-,6-,7+,8-,11+/m1/s1. The summed E-state index contributed by atoms with van der Waals surface area (Å²) in [7, 11) is 0. The fourth-order valence-corrected chi connectivity index (χ4v) is 3.41. The van der Waals surface area contributed by atoms with E-state index in [1.54, 1.807) is 13.8 Å². The molecule has 3 N–H and O–H groups in total. The quantitative estimate of drug-likeness (QED) is 0.590. The Kier molecular flexibility index (Phi) is 2.61. The Morgan fingerprint density at radius 1 is 1.26 bits per heavy atom. The molecule has 19 heavy (non-hydrogen) atoms. The van der Waals surface area contributed by atoms with Crippen LogP contribution in [-0.4, -0.2) is 75.4 Å². The predicted molar refractivity (Wildman–Crippen MR) is 59.3 cm³/mol. The van der Waals surface area contributed by atoms with Gasteiger partial charge < -0.3 is 29.5 Å². The van der Waals surface area contributed by atoms with Crippen molar-refractivity contribution in [1.29, 1.82) is 0 Å². The maximum atomic E-state index is 11.4. The van der Waals surface area contributed by atoms with Gasteiger partial charge in [-0.3, -0.25) is 4.90 Å². The minimum atomic E-state index is -1.22. The van der Waals surface area contributed by atoms with E-state index in [9.17, 15) is 20.1 Å². The number of aliphatic hydroxyl groups excluding tert-OH is 2. The van der Waals surface area contributed by atoms with Gasteiger partial charge in [0.2, 0.25) is 0 Å². The van der Waals surface area contributed by atoms with E-state index in [0.717, 1.165) is 4.90 Å². The van der Waals surface area contributed by atoms with Gasteiger partial charge in [-0.2, -0.15) is 0 Å². The summed E-state index contributed by atoms with van der Waals surface area (Å²) in [5.74, 6) is -0.892. The number of likely N-dealkylation sites (tertiary alicyclic amines) is 1. The van der Waals surface area contributed by atoms with Gasteiger partial charge in [0.05, 0.1) is 19.3 Å². The number of rotatable bonds is 2. The minimum absolute atomic E-state index is 0.373. The van der Waals surface area contributed by atoms with Crippen molar-refractivity contribution in [2.45, 2.75) is 49.7 Å². The Morgan fingerprint density at radius 3 is 2.47 bits per heavy atom. The highest BCUT2D eigenvalue weighted by Gasteiger charge is 2.76. The van der Waals surface area contributed by atoms with Crippen LogP contribution in [0.1, 0.15) is 13.8 Å². The number of carbonyl (C=O) groups is 1. The molecule has 0 saturated carbocycles. The molecule has 0 unspecified atom stereocenters. The summed E-state index contributed by atoms with van der Waals surface area (Å²) >= 11 is 0. The van der Waals surface area contributed by atoms with E-state index in [1.807, 2.05) is 0 Å². The van der Waals surface area contributed by atoms with Crippen LogP contribution in [0.3, 0.4) is 0 Å². The molecule has 108 valence electrons. The second kappa shape index (κ2) is 3.80. The normalized spacial score (nSPS) is 46.6. The molecule has 0 aromatic heterocycles. The molecule has 0 aromatic rings. The lowest BCUT2D eigenvalue weighted by molar-refractivity contribution is -0.265. The molecule has 0 radical (unpaired) electrons. The first-order valence-electron chi connectivity index (χ1n) is 6.12. The van der Waals surface area contributed by atoms with Crippen molar-refractivity contribution in [3.63, 3.8) is 0 Å². The van der Waals surface area contributed by atoms with Crippen LogP contribution < -0.4 is 0 Å².